The number of sulfone groups is 1. The minimum absolute atomic E-state index is 0.126. The molecule has 0 saturated carbocycles. The van der Waals surface area contributed by atoms with Crippen molar-refractivity contribution < 1.29 is 22.7 Å². The molecule has 0 fully saturated rings. The van der Waals surface area contributed by atoms with E-state index in [0.717, 1.165) is 35.3 Å². The summed E-state index contributed by atoms with van der Waals surface area (Å²) in [5, 5.41) is 0. The van der Waals surface area contributed by atoms with Crippen LogP contribution >= 0.6 is 0 Å². The summed E-state index contributed by atoms with van der Waals surface area (Å²) in [6.45, 7) is 2.40. The van der Waals surface area contributed by atoms with Crippen molar-refractivity contribution in [1.29, 1.82) is 0 Å². The lowest BCUT2D eigenvalue weighted by Crippen LogP contribution is -2.10. The minimum Gasteiger partial charge on any atom is -0.494 e. The molecule has 5 nitrogen and oxygen atoms in total. The van der Waals surface area contributed by atoms with Crippen LogP contribution in [0.15, 0.2) is 30.3 Å². The fourth-order valence-corrected chi connectivity index (χ4v) is 4.18. The third-order valence-corrected chi connectivity index (χ3v) is 5.81. The first-order valence-electron chi connectivity index (χ1n) is 8.94. The number of hydrogen-bond donors (Lipinski definition) is 0. The van der Waals surface area contributed by atoms with Crippen LogP contribution in [-0.2, 0) is 27.4 Å². The highest BCUT2D eigenvalue weighted by Gasteiger charge is 2.21. The van der Waals surface area contributed by atoms with Crippen LogP contribution in [0.5, 0.6) is 5.75 Å². The van der Waals surface area contributed by atoms with Crippen LogP contribution in [0.2, 0.25) is 0 Å². The molecule has 1 aliphatic rings. The van der Waals surface area contributed by atoms with Crippen LogP contribution in [0, 0.1) is 6.92 Å². The zero-order valence-corrected chi connectivity index (χ0v) is 16.7. The normalized spacial score (nSPS) is 12.9. The van der Waals surface area contributed by atoms with E-state index in [1.165, 1.54) is 24.5 Å². The molecule has 2 aromatic rings. The molecule has 0 radical (unpaired) electrons. The maximum atomic E-state index is 11.9. The van der Waals surface area contributed by atoms with Gasteiger partial charge in [-0.2, -0.15) is 0 Å². The van der Waals surface area contributed by atoms with Crippen molar-refractivity contribution in [3.05, 3.63) is 52.6 Å². The van der Waals surface area contributed by atoms with Crippen molar-refractivity contribution in [3.8, 4) is 16.9 Å². The van der Waals surface area contributed by atoms with Crippen molar-refractivity contribution in [2.75, 3.05) is 25.7 Å². The fourth-order valence-electron chi connectivity index (χ4n) is 3.54. The fraction of sp³-hybridized carbons (Fsp3) is 0.381. The van der Waals surface area contributed by atoms with Crippen molar-refractivity contribution in [2.24, 2.45) is 0 Å². The summed E-state index contributed by atoms with van der Waals surface area (Å²) in [5.74, 6) is 0.543. The van der Waals surface area contributed by atoms with Gasteiger partial charge in [0, 0.05) is 6.26 Å². The quantitative estimate of drug-likeness (QED) is 0.561. The Morgan fingerprint density at radius 3 is 2.56 bits per heavy atom. The van der Waals surface area contributed by atoms with Gasteiger partial charge in [0.2, 0.25) is 0 Å². The van der Waals surface area contributed by atoms with Gasteiger partial charge >= 0.3 is 5.97 Å². The highest BCUT2D eigenvalue weighted by atomic mass is 32.2. The minimum atomic E-state index is -2.97. The third-order valence-electron chi connectivity index (χ3n) is 4.78. The first-order chi connectivity index (χ1) is 12.8. The molecule has 0 spiro atoms. The van der Waals surface area contributed by atoms with Gasteiger partial charge in [-0.25, -0.2) is 13.2 Å². The summed E-state index contributed by atoms with van der Waals surface area (Å²) in [6.07, 6.45) is 3.51. The topological polar surface area (TPSA) is 69.7 Å². The zero-order chi connectivity index (χ0) is 19.6. The SMILES string of the molecule is COC(=O)c1ccc2c(c1)-c1c(C)cc(OCCCS(C)(=O)=O)cc1CC2. The summed E-state index contributed by atoms with van der Waals surface area (Å²) >= 11 is 0. The van der Waals surface area contributed by atoms with E-state index >= 15 is 0 Å². The summed E-state index contributed by atoms with van der Waals surface area (Å²) in [5.41, 5.74) is 6.24. The molecule has 0 aromatic heterocycles. The van der Waals surface area contributed by atoms with E-state index < -0.39 is 9.84 Å². The van der Waals surface area contributed by atoms with Gasteiger partial charge in [-0.05, 0) is 78.3 Å². The standard InChI is InChI=1S/C21H24O5S/c1-14-11-18(26-9-4-10-27(3,23)24)12-16-7-5-15-6-8-17(21(22)25-2)13-19(15)20(14)16/h6,8,11-13H,4-5,7,9-10H2,1-3H3. The van der Waals surface area contributed by atoms with Gasteiger partial charge in [0.25, 0.3) is 0 Å². The highest BCUT2D eigenvalue weighted by molar-refractivity contribution is 7.90. The first kappa shape index (κ1) is 19.4. The predicted octanol–water partition coefficient (Wildman–Crippen LogP) is 3.36. The maximum Gasteiger partial charge on any atom is 0.337 e. The molecular weight excluding hydrogens is 364 g/mol. The number of ether oxygens (including phenoxy) is 2. The first-order valence-corrected chi connectivity index (χ1v) is 11.0. The maximum absolute atomic E-state index is 11.9. The molecule has 0 heterocycles. The summed E-state index contributed by atoms with van der Waals surface area (Å²) < 4.78 is 33.0. The van der Waals surface area contributed by atoms with E-state index in [0.29, 0.717) is 18.6 Å². The van der Waals surface area contributed by atoms with Gasteiger partial charge in [0.15, 0.2) is 0 Å². The molecule has 0 aliphatic heterocycles. The lowest BCUT2D eigenvalue weighted by molar-refractivity contribution is 0.0600. The average Bonchev–Trinajstić information content (AvgIpc) is 2.63. The van der Waals surface area contributed by atoms with E-state index in [4.69, 9.17) is 9.47 Å². The van der Waals surface area contributed by atoms with Crippen molar-refractivity contribution in [2.45, 2.75) is 26.2 Å². The van der Waals surface area contributed by atoms with Crippen LogP contribution in [0.1, 0.15) is 33.5 Å². The zero-order valence-electron chi connectivity index (χ0n) is 15.9. The predicted molar refractivity (Wildman–Crippen MR) is 105 cm³/mol. The van der Waals surface area contributed by atoms with Crippen molar-refractivity contribution in [3.63, 3.8) is 0 Å². The van der Waals surface area contributed by atoms with Gasteiger partial charge < -0.3 is 9.47 Å². The van der Waals surface area contributed by atoms with E-state index in [-0.39, 0.29) is 11.7 Å². The molecule has 6 heteroatoms. The summed E-state index contributed by atoms with van der Waals surface area (Å²) in [4.78, 5) is 11.9. The molecule has 0 amide bonds. The largest absolute Gasteiger partial charge is 0.494 e. The Balaban J connectivity index is 1.86. The van der Waals surface area contributed by atoms with E-state index in [1.54, 1.807) is 0 Å². The van der Waals surface area contributed by atoms with Crippen LogP contribution in [0.3, 0.4) is 0 Å². The number of fused-ring (bicyclic) bond motifs is 3. The molecule has 2 aromatic carbocycles. The van der Waals surface area contributed by atoms with Gasteiger partial charge in [0.05, 0.1) is 25.0 Å². The number of carbonyl (C=O) groups excluding carboxylic acids is 1. The summed E-state index contributed by atoms with van der Waals surface area (Å²) in [6, 6.07) is 9.71. The number of aryl methyl sites for hydroxylation is 3. The van der Waals surface area contributed by atoms with Crippen LogP contribution in [0.25, 0.3) is 11.1 Å². The van der Waals surface area contributed by atoms with Crippen LogP contribution < -0.4 is 4.74 Å². The van der Waals surface area contributed by atoms with Crippen molar-refractivity contribution in [1.82, 2.24) is 0 Å². The van der Waals surface area contributed by atoms with Gasteiger partial charge in [-0.3, -0.25) is 0 Å². The second kappa shape index (κ2) is 7.72. The molecule has 144 valence electrons. The summed E-state index contributed by atoms with van der Waals surface area (Å²) in [7, 11) is -1.58. The Kier molecular flexibility index (Phi) is 5.56. The number of carbonyl (C=O) groups is 1. The van der Waals surface area contributed by atoms with Gasteiger partial charge in [0.1, 0.15) is 15.6 Å². The highest BCUT2D eigenvalue weighted by Crippen LogP contribution is 2.38. The smallest absolute Gasteiger partial charge is 0.337 e. The number of esters is 1. The molecule has 0 bridgehead atoms. The Bertz CT molecular complexity index is 976. The molecule has 0 N–H and O–H groups in total. The van der Waals surface area contributed by atoms with E-state index in [9.17, 15) is 13.2 Å². The van der Waals surface area contributed by atoms with E-state index in [1.807, 2.05) is 37.3 Å². The number of benzene rings is 2. The lowest BCUT2D eigenvalue weighted by atomic mass is 9.82. The monoisotopic (exact) mass is 388 g/mol. The number of methoxy groups -OCH3 is 1. The van der Waals surface area contributed by atoms with Crippen LogP contribution in [0.4, 0.5) is 0 Å². The second-order valence-corrected chi connectivity index (χ2v) is 9.23. The Morgan fingerprint density at radius 1 is 1.11 bits per heavy atom. The Hall–Kier alpha value is -2.34. The molecule has 3 rings (SSSR count). The molecule has 0 saturated heterocycles. The van der Waals surface area contributed by atoms with E-state index in [2.05, 4.69) is 0 Å². The molecule has 0 atom stereocenters. The van der Waals surface area contributed by atoms with Crippen molar-refractivity contribution >= 4 is 15.8 Å². The average molecular weight is 388 g/mol. The Labute approximate surface area is 160 Å². The second-order valence-electron chi connectivity index (χ2n) is 6.97. The lowest BCUT2D eigenvalue weighted by Gasteiger charge is -2.23. The number of hydrogen-bond acceptors (Lipinski definition) is 5. The Morgan fingerprint density at radius 2 is 1.85 bits per heavy atom. The number of rotatable bonds is 6. The molecule has 1 aliphatic carbocycles. The van der Waals surface area contributed by atoms with Crippen LogP contribution in [-0.4, -0.2) is 40.1 Å². The van der Waals surface area contributed by atoms with Gasteiger partial charge in [-0.15, -0.1) is 0 Å². The molecular formula is C21H24O5S. The molecule has 27 heavy (non-hydrogen) atoms. The molecule has 0 unspecified atom stereocenters. The van der Waals surface area contributed by atoms with Gasteiger partial charge in [-0.1, -0.05) is 6.07 Å². The third kappa shape index (κ3) is 4.50.